The number of likely N-dealkylation sites (N-methyl/N-ethyl adjacent to an activating group) is 2. The number of piperazine rings is 1. The van der Waals surface area contributed by atoms with Gasteiger partial charge in [0.25, 0.3) is 5.91 Å². The fraction of sp³-hybridized carbons (Fsp3) is 0.400. The van der Waals surface area contributed by atoms with E-state index < -0.39 is 6.09 Å². The Bertz CT molecular complexity index is 1300. The highest BCUT2D eigenvalue weighted by Crippen LogP contribution is 2.32. The highest BCUT2D eigenvalue weighted by atomic mass is 16.6. The Morgan fingerprint density at radius 1 is 1.07 bits per heavy atom. The number of para-hydroxylation sites is 1. The third-order valence-corrected chi connectivity index (χ3v) is 7.03. The van der Waals surface area contributed by atoms with Crippen LogP contribution in [0.2, 0.25) is 0 Å². The first-order chi connectivity index (χ1) is 19.8. The number of nitrogens with one attached hydrogen (secondary N) is 3. The van der Waals surface area contributed by atoms with E-state index in [1.54, 1.807) is 38.2 Å². The second-order valence-corrected chi connectivity index (χ2v) is 10.1. The zero-order valence-corrected chi connectivity index (χ0v) is 23.7. The summed E-state index contributed by atoms with van der Waals surface area (Å²) in [6.45, 7) is 1.59. The van der Waals surface area contributed by atoms with Crippen LogP contribution in [0.3, 0.4) is 0 Å². The van der Waals surface area contributed by atoms with Crippen molar-refractivity contribution in [2.75, 3.05) is 40.8 Å². The number of nitrogens with zero attached hydrogens (tertiary/aromatic N) is 2. The van der Waals surface area contributed by atoms with Crippen LogP contribution in [0.25, 0.3) is 0 Å². The molecule has 218 valence electrons. The van der Waals surface area contributed by atoms with E-state index in [1.807, 2.05) is 36.4 Å². The molecule has 0 radical (unpaired) electrons. The van der Waals surface area contributed by atoms with Crippen molar-refractivity contribution in [1.29, 1.82) is 5.41 Å². The smallest absolute Gasteiger partial charge is 0.410 e. The van der Waals surface area contributed by atoms with Gasteiger partial charge >= 0.3 is 6.09 Å². The minimum absolute atomic E-state index is 0.0304. The van der Waals surface area contributed by atoms with E-state index in [1.165, 1.54) is 4.90 Å². The monoisotopic (exact) mass is 563 g/mol. The SMILES string of the molecule is CN/C(=C\C(=N)C1CC1)C(=O)NCc1cccc(OCc2ccc(COC(=O)N3CCN(C)C(=O)C3)cc2)c1OC. The summed E-state index contributed by atoms with van der Waals surface area (Å²) in [5.74, 6) is 0.923. The van der Waals surface area contributed by atoms with Gasteiger partial charge in [-0.25, -0.2) is 4.79 Å². The van der Waals surface area contributed by atoms with Gasteiger partial charge in [0, 0.05) is 50.9 Å². The van der Waals surface area contributed by atoms with Crippen LogP contribution in [-0.4, -0.2) is 74.3 Å². The van der Waals surface area contributed by atoms with Crippen LogP contribution in [0, 0.1) is 11.3 Å². The van der Waals surface area contributed by atoms with Crippen LogP contribution in [-0.2, 0) is 34.1 Å². The summed E-state index contributed by atoms with van der Waals surface area (Å²) in [5, 5.41) is 13.8. The van der Waals surface area contributed by atoms with Crippen molar-refractivity contribution in [3.05, 3.63) is 70.9 Å². The van der Waals surface area contributed by atoms with Crippen molar-refractivity contribution in [2.24, 2.45) is 5.92 Å². The molecule has 1 aliphatic carbocycles. The number of ether oxygens (including phenoxy) is 3. The second-order valence-electron chi connectivity index (χ2n) is 10.1. The lowest BCUT2D eigenvalue weighted by atomic mass is 10.1. The van der Waals surface area contributed by atoms with E-state index in [4.69, 9.17) is 19.6 Å². The maximum Gasteiger partial charge on any atom is 0.410 e. The first-order valence-corrected chi connectivity index (χ1v) is 13.6. The molecule has 1 saturated heterocycles. The van der Waals surface area contributed by atoms with Gasteiger partial charge in [0.05, 0.1) is 7.11 Å². The van der Waals surface area contributed by atoms with Gasteiger partial charge in [-0.05, 0) is 36.1 Å². The first-order valence-electron chi connectivity index (χ1n) is 13.6. The summed E-state index contributed by atoms with van der Waals surface area (Å²) in [4.78, 5) is 39.8. The van der Waals surface area contributed by atoms with Gasteiger partial charge in [-0.15, -0.1) is 0 Å². The molecule has 2 aliphatic rings. The number of methoxy groups -OCH3 is 1. The van der Waals surface area contributed by atoms with E-state index in [-0.39, 0.29) is 44.0 Å². The summed E-state index contributed by atoms with van der Waals surface area (Å²) in [6.07, 6.45) is 3.09. The molecule has 4 rings (SSSR count). The molecular formula is C30H37N5O6. The quantitative estimate of drug-likeness (QED) is 0.267. The van der Waals surface area contributed by atoms with Gasteiger partial charge in [-0.3, -0.25) is 14.5 Å². The van der Waals surface area contributed by atoms with Gasteiger partial charge in [0.2, 0.25) is 5.91 Å². The van der Waals surface area contributed by atoms with Gasteiger partial charge in [0.15, 0.2) is 11.5 Å². The molecule has 0 unspecified atom stereocenters. The number of carbonyl (C=O) groups is 3. The lowest BCUT2D eigenvalue weighted by Crippen LogP contribution is -2.50. The maximum atomic E-state index is 12.7. The van der Waals surface area contributed by atoms with Crippen LogP contribution < -0.4 is 20.1 Å². The van der Waals surface area contributed by atoms with E-state index in [0.29, 0.717) is 36.0 Å². The van der Waals surface area contributed by atoms with E-state index in [9.17, 15) is 14.4 Å². The molecule has 41 heavy (non-hydrogen) atoms. The Balaban J connectivity index is 1.28. The van der Waals surface area contributed by atoms with Crippen molar-refractivity contribution >= 4 is 23.6 Å². The Kier molecular flexibility index (Phi) is 9.83. The Labute approximate surface area is 239 Å². The lowest BCUT2D eigenvalue weighted by molar-refractivity contribution is -0.133. The molecule has 2 aromatic carbocycles. The van der Waals surface area contributed by atoms with Crippen LogP contribution in [0.5, 0.6) is 11.5 Å². The molecule has 1 aliphatic heterocycles. The zero-order chi connectivity index (χ0) is 29.4. The molecular weight excluding hydrogens is 526 g/mol. The third-order valence-electron chi connectivity index (χ3n) is 7.03. The average Bonchev–Trinajstić information content (AvgIpc) is 3.84. The largest absolute Gasteiger partial charge is 0.493 e. The molecule has 3 N–H and O–H groups in total. The van der Waals surface area contributed by atoms with Crippen LogP contribution in [0.15, 0.2) is 54.2 Å². The number of hydrogen-bond acceptors (Lipinski definition) is 8. The minimum atomic E-state index is -0.502. The second kappa shape index (κ2) is 13.7. The average molecular weight is 564 g/mol. The molecule has 2 aromatic rings. The topological polar surface area (TPSA) is 133 Å². The molecule has 0 atom stereocenters. The predicted octanol–water partition coefficient (Wildman–Crippen LogP) is 2.83. The lowest BCUT2D eigenvalue weighted by Gasteiger charge is -2.31. The summed E-state index contributed by atoms with van der Waals surface area (Å²) in [6, 6.07) is 13.0. The number of benzene rings is 2. The number of carbonyl (C=O) groups excluding carboxylic acids is 3. The number of amides is 3. The van der Waals surface area contributed by atoms with Gasteiger partial charge < -0.3 is 35.2 Å². The van der Waals surface area contributed by atoms with Crippen molar-refractivity contribution in [3.8, 4) is 11.5 Å². The Morgan fingerprint density at radius 3 is 2.41 bits per heavy atom. The molecule has 1 heterocycles. The van der Waals surface area contributed by atoms with Crippen LogP contribution in [0.1, 0.15) is 29.5 Å². The van der Waals surface area contributed by atoms with Crippen molar-refractivity contribution in [2.45, 2.75) is 32.6 Å². The molecule has 0 aromatic heterocycles. The van der Waals surface area contributed by atoms with E-state index in [2.05, 4.69) is 10.6 Å². The van der Waals surface area contributed by atoms with Crippen LogP contribution >= 0.6 is 0 Å². The fourth-order valence-corrected chi connectivity index (χ4v) is 4.28. The van der Waals surface area contributed by atoms with E-state index >= 15 is 0 Å². The Hall–Kier alpha value is -4.54. The van der Waals surface area contributed by atoms with Crippen molar-refractivity contribution in [3.63, 3.8) is 0 Å². The summed E-state index contributed by atoms with van der Waals surface area (Å²) in [5.41, 5.74) is 3.30. The highest BCUT2D eigenvalue weighted by molar-refractivity contribution is 6.04. The molecule has 11 nitrogen and oxygen atoms in total. The number of rotatable bonds is 12. The fourth-order valence-electron chi connectivity index (χ4n) is 4.28. The highest BCUT2D eigenvalue weighted by Gasteiger charge is 2.27. The van der Waals surface area contributed by atoms with E-state index in [0.717, 1.165) is 29.5 Å². The molecule has 11 heteroatoms. The first kappa shape index (κ1) is 29.4. The van der Waals surface area contributed by atoms with Gasteiger partial charge in [-0.1, -0.05) is 36.4 Å². The number of allylic oxidation sites excluding steroid dienone is 1. The molecule has 3 amide bonds. The molecule has 2 fully saturated rings. The van der Waals surface area contributed by atoms with Crippen LogP contribution in [0.4, 0.5) is 4.79 Å². The Morgan fingerprint density at radius 2 is 1.78 bits per heavy atom. The third kappa shape index (κ3) is 8.00. The standard InChI is InChI=1S/C30H37N5O6/c1-32-25(15-24(31)22-11-12-22)29(37)33-16-23-5-4-6-26(28(23)39-3)40-18-20-7-9-21(10-8-20)19-41-30(38)35-14-13-34(2)27(36)17-35/h4-10,15,22,31-32H,11-14,16-19H2,1-3H3,(H,33,37)/b25-15-,31-24?. The summed E-state index contributed by atoms with van der Waals surface area (Å²) < 4.78 is 17.0. The summed E-state index contributed by atoms with van der Waals surface area (Å²) >= 11 is 0. The summed E-state index contributed by atoms with van der Waals surface area (Å²) in [7, 11) is 4.93. The predicted molar refractivity (Wildman–Crippen MR) is 153 cm³/mol. The van der Waals surface area contributed by atoms with Gasteiger partial charge in [-0.2, -0.15) is 0 Å². The van der Waals surface area contributed by atoms with Gasteiger partial charge in [0.1, 0.15) is 25.5 Å². The molecule has 0 spiro atoms. The number of hydrogen-bond donors (Lipinski definition) is 3. The van der Waals surface area contributed by atoms with Crippen molar-refractivity contribution in [1.82, 2.24) is 20.4 Å². The van der Waals surface area contributed by atoms with Crippen molar-refractivity contribution < 1.29 is 28.6 Å². The maximum absolute atomic E-state index is 12.7. The minimum Gasteiger partial charge on any atom is -0.493 e. The molecule has 1 saturated carbocycles. The normalized spacial score (nSPS) is 15.3. The molecule has 0 bridgehead atoms. The zero-order valence-electron chi connectivity index (χ0n) is 23.7.